The Hall–Kier alpha value is -1.36. The van der Waals surface area contributed by atoms with Crippen molar-refractivity contribution in [3.8, 4) is 0 Å². The van der Waals surface area contributed by atoms with Gasteiger partial charge in [0.05, 0.1) is 16.8 Å². The zero-order valence-corrected chi connectivity index (χ0v) is 12.5. The highest BCUT2D eigenvalue weighted by atomic mass is 35.5. The molecular weight excluding hydrogens is 296 g/mol. The third kappa shape index (κ3) is 3.60. The number of hydrogen-bond donors (Lipinski definition) is 1. The lowest BCUT2D eigenvalue weighted by Crippen LogP contribution is -2.14. The first-order chi connectivity index (χ1) is 9.38. The normalized spacial score (nSPS) is 13.2. The van der Waals surface area contributed by atoms with Gasteiger partial charge >= 0.3 is 0 Å². The minimum atomic E-state index is -3.57. The number of aliphatic hydroxyl groups is 1. The maximum atomic E-state index is 12.2. The van der Waals surface area contributed by atoms with Gasteiger partial charge in [0, 0.05) is 5.02 Å². The summed E-state index contributed by atoms with van der Waals surface area (Å²) < 4.78 is 24.4. The summed E-state index contributed by atoms with van der Waals surface area (Å²) in [5, 5.41) is 10.4. The molecule has 0 saturated heterocycles. The van der Waals surface area contributed by atoms with Gasteiger partial charge in [0.25, 0.3) is 0 Å². The number of aliphatic hydroxyl groups excluding tert-OH is 1. The Labute approximate surface area is 123 Å². The average Bonchev–Trinajstić information content (AvgIpc) is 2.39. The second-order valence-electron chi connectivity index (χ2n) is 4.67. The number of halogens is 1. The highest BCUT2D eigenvalue weighted by Crippen LogP contribution is 2.22. The Morgan fingerprint density at radius 1 is 1.15 bits per heavy atom. The highest BCUT2D eigenvalue weighted by Gasteiger charge is 2.21. The molecule has 0 aromatic heterocycles. The van der Waals surface area contributed by atoms with Crippen molar-refractivity contribution in [2.45, 2.75) is 17.9 Å². The number of sulfone groups is 1. The molecule has 20 heavy (non-hydrogen) atoms. The maximum Gasteiger partial charge on any atom is 0.181 e. The van der Waals surface area contributed by atoms with Gasteiger partial charge in [0.1, 0.15) is 0 Å². The van der Waals surface area contributed by atoms with Crippen molar-refractivity contribution in [3.05, 3.63) is 64.7 Å². The molecule has 3 nitrogen and oxygen atoms in total. The number of hydrogen-bond acceptors (Lipinski definition) is 3. The van der Waals surface area contributed by atoms with E-state index in [9.17, 15) is 13.5 Å². The molecule has 0 fully saturated rings. The lowest BCUT2D eigenvalue weighted by Gasteiger charge is -2.12. The van der Waals surface area contributed by atoms with E-state index in [1.54, 1.807) is 24.3 Å². The second-order valence-corrected chi connectivity index (χ2v) is 7.14. The van der Waals surface area contributed by atoms with Crippen LogP contribution in [0.25, 0.3) is 0 Å². The summed E-state index contributed by atoms with van der Waals surface area (Å²) in [7, 11) is -3.57. The van der Waals surface area contributed by atoms with Gasteiger partial charge in [-0.25, -0.2) is 8.42 Å². The van der Waals surface area contributed by atoms with Crippen LogP contribution < -0.4 is 0 Å². The Balaban J connectivity index is 2.22. The van der Waals surface area contributed by atoms with E-state index in [-0.39, 0.29) is 10.6 Å². The van der Waals surface area contributed by atoms with Gasteiger partial charge in [0.2, 0.25) is 0 Å². The van der Waals surface area contributed by atoms with Crippen molar-refractivity contribution in [1.29, 1.82) is 0 Å². The molecule has 0 heterocycles. The van der Waals surface area contributed by atoms with Gasteiger partial charge in [-0.05, 0) is 30.7 Å². The summed E-state index contributed by atoms with van der Waals surface area (Å²) in [5.41, 5.74) is 1.64. The molecule has 0 aliphatic rings. The quantitative estimate of drug-likeness (QED) is 0.943. The summed E-state index contributed by atoms with van der Waals surface area (Å²) in [6, 6.07) is 13.2. The smallest absolute Gasteiger partial charge is 0.181 e. The molecule has 106 valence electrons. The predicted octanol–water partition coefficient (Wildman–Crippen LogP) is 3.16. The van der Waals surface area contributed by atoms with Crippen LogP contribution in [-0.4, -0.2) is 19.3 Å². The lowest BCUT2D eigenvalue weighted by molar-refractivity contribution is 0.201. The summed E-state index contributed by atoms with van der Waals surface area (Å²) in [6.45, 7) is 1.93. The number of aryl methyl sites for hydroxylation is 1. The molecule has 0 amide bonds. The molecule has 5 heteroatoms. The first kappa shape index (κ1) is 15.0. The standard InChI is InChI=1S/C15H15ClO3S/c1-11-5-7-12(8-6-11)15(17)10-20(18,19)14-4-2-3-13(16)9-14/h2-9,15,17H,10H2,1H3. The SMILES string of the molecule is Cc1ccc(C(O)CS(=O)(=O)c2cccc(Cl)c2)cc1. The minimum absolute atomic E-state index is 0.121. The summed E-state index contributed by atoms with van der Waals surface area (Å²) in [5.74, 6) is -0.365. The molecule has 1 unspecified atom stereocenters. The second kappa shape index (κ2) is 5.95. The van der Waals surface area contributed by atoms with Crippen LogP contribution in [0.4, 0.5) is 0 Å². The van der Waals surface area contributed by atoms with E-state index in [0.29, 0.717) is 10.6 Å². The van der Waals surface area contributed by atoms with Gasteiger partial charge < -0.3 is 5.11 Å². The Morgan fingerprint density at radius 3 is 2.40 bits per heavy atom. The van der Waals surface area contributed by atoms with Crippen LogP contribution >= 0.6 is 11.6 Å². The summed E-state index contributed by atoms with van der Waals surface area (Å²) >= 11 is 5.79. The fourth-order valence-electron chi connectivity index (χ4n) is 1.85. The first-order valence-electron chi connectivity index (χ1n) is 6.11. The molecule has 0 spiro atoms. The van der Waals surface area contributed by atoms with Gasteiger partial charge in [-0.2, -0.15) is 0 Å². The highest BCUT2D eigenvalue weighted by molar-refractivity contribution is 7.91. The van der Waals surface area contributed by atoms with E-state index in [1.165, 1.54) is 12.1 Å². The van der Waals surface area contributed by atoms with E-state index in [2.05, 4.69) is 0 Å². The van der Waals surface area contributed by atoms with Gasteiger partial charge in [-0.3, -0.25) is 0 Å². The van der Waals surface area contributed by atoms with Crippen molar-refractivity contribution in [3.63, 3.8) is 0 Å². The van der Waals surface area contributed by atoms with Gasteiger partial charge in [-0.15, -0.1) is 0 Å². The van der Waals surface area contributed by atoms with Gasteiger partial charge in [-0.1, -0.05) is 47.5 Å². The fourth-order valence-corrected chi connectivity index (χ4v) is 3.50. The van der Waals surface area contributed by atoms with E-state index in [0.717, 1.165) is 5.56 Å². The van der Waals surface area contributed by atoms with Crippen LogP contribution in [-0.2, 0) is 9.84 Å². The van der Waals surface area contributed by atoms with Crippen LogP contribution in [0.2, 0.25) is 5.02 Å². The van der Waals surface area contributed by atoms with Crippen LogP contribution in [0, 0.1) is 6.92 Å². The zero-order valence-electron chi connectivity index (χ0n) is 11.0. The minimum Gasteiger partial charge on any atom is -0.387 e. The van der Waals surface area contributed by atoms with E-state index in [1.807, 2.05) is 19.1 Å². The molecule has 0 radical (unpaired) electrons. The Bertz CT molecular complexity index is 693. The maximum absolute atomic E-state index is 12.2. The molecular formula is C15H15ClO3S. The third-order valence-electron chi connectivity index (χ3n) is 2.99. The zero-order chi connectivity index (χ0) is 14.8. The molecule has 1 N–H and O–H groups in total. The number of rotatable bonds is 4. The van der Waals surface area contributed by atoms with Crippen LogP contribution in [0.1, 0.15) is 17.2 Å². The predicted molar refractivity (Wildman–Crippen MR) is 79.6 cm³/mol. The monoisotopic (exact) mass is 310 g/mol. The third-order valence-corrected chi connectivity index (χ3v) is 4.96. The first-order valence-corrected chi connectivity index (χ1v) is 8.14. The van der Waals surface area contributed by atoms with Crippen molar-refractivity contribution in [1.82, 2.24) is 0 Å². The Morgan fingerprint density at radius 2 is 1.80 bits per heavy atom. The summed E-state index contributed by atoms with van der Waals surface area (Å²) in [4.78, 5) is 0.121. The number of benzene rings is 2. The molecule has 0 bridgehead atoms. The summed E-state index contributed by atoms with van der Waals surface area (Å²) in [6.07, 6.45) is -1.06. The lowest BCUT2D eigenvalue weighted by atomic mass is 10.1. The van der Waals surface area contributed by atoms with Gasteiger partial charge in [0.15, 0.2) is 9.84 Å². The Kier molecular flexibility index (Phi) is 4.48. The molecule has 2 aromatic carbocycles. The average molecular weight is 311 g/mol. The molecule has 2 rings (SSSR count). The van der Waals surface area contributed by atoms with Crippen molar-refractivity contribution >= 4 is 21.4 Å². The molecule has 1 atom stereocenters. The largest absolute Gasteiger partial charge is 0.387 e. The topological polar surface area (TPSA) is 54.4 Å². The van der Waals surface area contributed by atoms with Crippen LogP contribution in [0.5, 0.6) is 0 Å². The van der Waals surface area contributed by atoms with Crippen LogP contribution in [0.3, 0.4) is 0 Å². The molecule has 0 saturated carbocycles. The van der Waals surface area contributed by atoms with Crippen molar-refractivity contribution in [2.24, 2.45) is 0 Å². The van der Waals surface area contributed by atoms with Crippen molar-refractivity contribution in [2.75, 3.05) is 5.75 Å². The van der Waals surface area contributed by atoms with E-state index >= 15 is 0 Å². The van der Waals surface area contributed by atoms with E-state index < -0.39 is 15.9 Å². The molecule has 0 aliphatic heterocycles. The molecule has 2 aromatic rings. The van der Waals surface area contributed by atoms with Crippen LogP contribution in [0.15, 0.2) is 53.4 Å². The molecule has 0 aliphatic carbocycles. The van der Waals surface area contributed by atoms with Crippen molar-refractivity contribution < 1.29 is 13.5 Å². The van der Waals surface area contributed by atoms with E-state index in [4.69, 9.17) is 11.6 Å². The fraction of sp³-hybridized carbons (Fsp3) is 0.200.